The molecule has 2 saturated heterocycles. The highest BCUT2D eigenvalue weighted by Crippen LogP contribution is 2.29. The van der Waals surface area contributed by atoms with Crippen LogP contribution in [-0.4, -0.2) is 57.8 Å². The molecule has 0 unspecified atom stereocenters. The van der Waals surface area contributed by atoms with Crippen molar-refractivity contribution in [2.24, 2.45) is 5.92 Å². The maximum absolute atomic E-state index is 13.2. The summed E-state index contributed by atoms with van der Waals surface area (Å²) in [5.74, 6) is 0.624. The minimum Gasteiger partial charge on any atom is -0.352 e. The summed E-state index contributed by atoms with van der Waals surface area (Å²) in [7, 11) is 0. The van der Waals surface area contributed by atoms with Gasteiger partial charge in [-0.3, -0.25) is 19.5 Å². The first-order valence-corrected chi connectivity index (χ1v) is 9.56. The highest BCUT2D eigenvalue weighted by molar-refractivity contribution is 5.83. The molecule has 2 amide bonds. The lowest BCUT2D eigenvalue weighted by atomic mass is 9.97. The van der Waals surface area contributed by atoms with Crippen molar-refractivity contribution in [3.63, 3.8) is 0 Å². The second kappa shape index (κ2) is 7.74. The zero-order chi connectivity index (χ0) is 18.8. The van der Waals surface area contributed by atoms with Gasteiger partial charge >= 0.3 is 0 Å². The number of aromatic nitrogens is 1. The number of nitrogens with zero attached hydrogens (tertiary/aromatic N) is 3. The number of pyridine rings is 1. The molecule has 0 spiro atoms. The van der Waals surface area contributed by atoms with Crippen LogP contribution in [-0.2, 0) is 16.1 Å². The Bertz CT molecular complexity index is 658. The van der Waals surface area contributed by atoms with E-state index in [2.05, 4.69) is 35.1 Å². The number of amides is 2. The molecule has 26 heavy (non-hydrogen) atoms. The fourth-order valence-electron chi connectivity index (χ4n) is 4.17. The van der Waals surface area contributed by atoms with Gasteiger partial charge in [0.05, 0.1) is 11.7 Å². The molecule has 1 N–H and O–H groups in total. The number of hydrogen-bond acceptors (Lipinski definition) is 4. The van der Waals surface area contributed by atoms with Crippen LogP contribution in [0.2, 0.25) is 0 Å². The molecule has 0 bridgehead atoms. The SMILES string of the molecule is CC(=O)N[C@H]1C[C@H]2CN(Cc3ccc(C)cn3)[C@@H](CC(C)C)C(=O)N2C1. The van der Waals surface area contributed by atoms with Gasteiger partial charge in [0.15, 0.2) is 0 Å². The Balaban J connectivity index is 1.77. The van der Waals surface area contributed by atoms with E-state index < -0.39 is 0 Å². The molecule has 2 fully saturated rings. The Morgan fingerprint density at radius 1 is 1.35 bits per heavy atom. The number of carbonyl (C=O) groups is 2. The molecule has 0 radical (unpaired) electrons. The molecule has 3 atom stereocenters. The van der Waals surface area contributed by atoms with Crippen molar-refractivity contribution in [2.75, 3.05) is 13.1 Å². The van der Waals surface area contributed by atoms with Crippen LogP contribution in [0.4, 0.5) is 0 Å². The van der Waals surface area contributed by atoms with E-state index in [0.29, 0.717) is 19.0 Å². The Morgan fingerprint density at radius 3 is 2.73 bits per heavy atom. The number of piperazine rings is 1. The van der Waals surface area contributed by atoms with Gasteiger partial charge in [0.25, 0.3) is 0 Å². The van der Waals surface area contributed by atoms with Crippen LogP contribution >= 0.6 is 0 Å². The van der Waals surface area contributed by atoms with Gasteiger partial charge in [-0.05, 0) is 37.3 Å². The summed E-state index contributed by atoms with van der Waals surface area (Å²) < 4.78 is 0. The zero-order valence-corrected chi connectivity index (χ0v) is 16.2. The Hall–Kier alpha value is -1.95. The zero-order valence-electron chi connectivity index (χ0n) is 16.2. The van der Waals surface area contributed by atoms with Crippen LogP contribution in [0.1, 0.15) is 44.9 Å². The molecule has 1 aromatic rings. The molecule has 0 aliphatic carbocycles. The molecule has 2 aliphatic rings. The molecule has 1 aromatic heterocycles. The topological polar surface area (TPSA) is 65.5 Å². The second-order valence-corrected chi connectivity index (χ2v) is 8.18. The molecule has 2 aliphatic heterocycles. The molecule has 142 valence electrons. The monoisotopic (exact) mass is 358 g/mol. The molecule has 6 nitrogen and oxygen atoms in total. The molecular weight excluding hydrogens is 328 g/mol. The molecule has 0 aromatic carbocycles. The van der Waals surface area contributed by atoms with Gasteiger partial charge in [-0.15, -0.1) is 0 Å². The van der Waals surface area contributed by atoms with Gasteiger partial charge in [-0.25, -0.2) is 0 Å². The van der Waals surface area contributed by atoms with Crippen molar-refractivity contribution in [1.29, 1.82) is 0 Å². The number of hydrogen-bond donors (Lipinski definition) is 1. The first kappa shape index (κ1) is 18.8. The minimum atomic E-state index is -0.106. The molecule has 0 saturated carbocycles. The minimum absolute atomic E-state index is 0.0262. The summed E-state index contributed by atoms with van der Waals surface area (Å²) in [6.45, 7) is 10.1. The third kappa shape index (κ3) is 4.23. The summed E-state index contributed by atoms with van der Waals surface area (Å²) in [6, 6.07) is 4.25. The number of rotatable bonds is 5. The average Bonchev–Trinajstić information content (AvgIpc) is 2.95. The highest BCUT2D eigenvalue weighted by Gasteiger charge is 2.45. The number of nitrogens with one attached hydrogen (secondary N) is 1. The second-order valence-electron chi connectivity index (χ2n) is 8.18. The van der Waals surface area contributed by atoms with E-state index >= 15 is 0 Å². The van der Waals surface area contributed by atoms with Crippen molar-refractivity contribution < 1.29 is 9.59 Å². The van der Waals surface area contributed by atoms with Gasteiger partial charge in [0, 0.05) is 44.8 Å². The van der Waals surface area contributed by atoms with E-state index in [4.69, 9.17) is 0 Å². The Kier molecular flexibility index (Phi) is 5.61. The number of fused-ring (bicyclic) bond motifs is 1. The standard InChI is InChI=1S/C20H30N4O2/c1-13(2)7-19-20(26)24-11-17(22-15(4)25)8-18(24)12-23(19)10-16-6-5-14(3)9-21-16/h5-6,9,13,17-19H,7-8,10-12H2,1-4H3,(H,22,25)/t17-,18-,19-/m0/s1. The third-order valence-corrected chi connectivity index (χ3v) is 5.31. The quantitative estimate of drug-likeness (QED) is 0.870. The Morgan fingerprint density at radius 2 is 2.12 bits per heavy atom. The molecular formula is C20H30N4O2. The van der Waals surface area contributed by atoms with E-state index in [-0.39, 0.29) is 29.9 Å². The van der Waals surface area contributed by atoms with Gasteiger partial charge in [-0.1, -0.05) is 19.9 Å². The van der Waals surface area contributed by atoms with Gasteiger partial charge in [-0.2, -0.15) is 0 Å². The van der Waals surface area contributed by atoms with E-state index in [9.17, 15) is 9.59 Å². The summed E-state index contributed by atoms with van der Waals surface area (Å²) in [6.07, 6.45) is 3.56. The van der Waals surface area contributed by atoms with Crippen LogP contribution in [0.5, 0.6) is 0 Å². The van der Waals surface area contributed by atoms with Crippen molar-refractivity contribution in [2.45, 2.75) is 65.2 Å². The highest BCUT2D eigenvalue weighted by atomic mass is 16.2. The lowest BCUT2D eigenvalue weighted by Crippen LogP contribution is -2.59. The average molecular weight is 358 g/mol. The van der Waals surface area contributed by atoms with E-state index in [1.807, 2.05) is 24.1 Å². The van der Waals surface area contributed by atoms with E-state index in [1.165, 1.54) is 6.92 Å². The fourth-order valence-corrected chi connectivity index (χ4v) is 4.17. The first-order chi connectivity index (χ1) is 12.3. The smallest absolute Gasteiger partial charge is 0.240 e. The van der Waals surface area contributed by atoms with E-state index in [0.717, 1.165) is 30.6 Å². The first-order valence-electron chi connectivity index (χ1n) is 9.56. The van der Waals surface area contributed by atoms with Crippen LogP contribution in [0.15, 0.2) is 18.3 Å². The van der Waals surface area contributed by atoms with Crippen LogP contribution < -0.4 is 5.32 Å². The van der Waals surface area contributed by atoms with Crippen LogP contribution in [0.3, 0.4) is 0 Å². The molecule has 3 heterocycles. The van der Waals surface area contributed by atoms with Crippen LogP contribution in [0.25, 0.3) is 0 Å². The van der Waals surface area contributed by atoms with Crippen molar-refractivity contribution >= 4 is 11.8 Å². The Labute approximate surface area is 156 Å². The van der Waals surface area contributed by atoms with E-state index in [1.54, 1.807) is 0 Å². The maximum atomic E-state index is 13.2. The lowest BCUT2D eigenvalue weighted by molar-refractivity contribution is -0.145. The number of carbonyl (C=O) groups excluding carboxylic acids is 2. The van der Waals surface area contributed by atoms with Crippen molar-refractivity contribution in [1.82, 2.24) is 20.1 Å². The maximum Gasteiger partial charge on any atom is 0.240 e. The normalized spacial score (nSPS) is 26.3. The third-order valence-electron chi connectivity index (χ3n) is 5.31. The summed E-state index contributed by atoms with van der Waals surface area (Å²) in [4.78, 5) is 33.4. The largest absolute Gasteiger partial charge is 0.352 e. The van der Waals surface area contributed by atoms with Gasteiger partial charge in [0.1, 0.15) is 0 Å². The summed E-state index contributed by atoms with van der Waals surface area (Å²) in [5, 5.41) is 2.98. The predicted molar refractivity (Wildman–Crippen MR) is 100 cm³/mol. The van der Waals surface area contributed by atoms with Crippen molar-refractivity contribution in [3.8, 4) is 0 Å². The summed E-state index contributed by atoms with van der Waals surface area (Å²) in [5.41, 5.74) is 2.14. The molecule has 6 heteroatoms. The van der Waals surface area contributed by atoms with Gasteiger partial charge < -0.3 is 10.2 Å². The van der Waals surface area contributed by atoms with Gasteiger partial charge in [0.2, 0.25) is 11.8 Å². The number of aryl methyl sites for hydroxylation is 1. The fraction of sp³-hybridized carbons (Fsp3) is 0.650. The summed E-state index contributed by atoms with van der Waals surface area (Å²) >= 11 is 0. The predicted octanol–water partition coefficient (Wildman–Crippen LogP) is 1.73. The van der Waals surface area contributed by atoms with Crippen LogP contribution in [0, 0.1) is 12.8 Å². The van der Waals surface area contributed by atoms with Crippen molar-refractivity contribution in [3.05, 3.63) is 29.6 Å². The lowest BCUT2D eigenvalue weighted by Gasteiger charge is -2.43. The molecule has 3 rings (SSSR count).